The number of nitrogens with one attached hydrogen (secondary N) is 1. The summed E-state index contributed by atoms with van der Waals surface area (Å²) in [6, 6.07) is 15.2. The fraction of sp³-hybridized carbons (Fsp3) is 0.136. The molecule has 152 valence electrons. The van der Waals surface area contributed by atoms with Crippen LogP contribution in [0.25, 0.3) is 11.3 Å². The molecule has 6 nitrogen and oxygen atoms in total. The Bertz CT molecular complexity index is 1220. The summed E-state index contributed by atoms with van der Waals surface area (Å²) in [5, 5.41) is 11.5. The van der Waals surface area contributed by atoms with E-state index in [9.17, 15) is 9.18 Å². The van der Waals surface area contributed by atoms with Gasteiger partial charge in [-0.05, 0) is 31.5 Å². The summed E-state index contributed by atoms with van der Waals surface area (Å²) in [5.74, 6) is -0.283. The lowest BCUT2D eigenvalue weighted by Crippen LogP contribution is -2.13. The number of hydrogen-bond acceptors (Lipinski definition) is 4. The molecule has 0 unspecified atom stereocenters. The Labute approximate surface area is 177 Å². The molecule has 1 N–H and O–H groups in total. The predicted molar refractivity (Wildman–Crippen MR) is 112 cm³/mol. The van der Waals surface area contributed by atoms with Crippen LogP contribution in [0.1, 0.15) is 27.4 Å². The first-order chi connectivity index (χ1) is 14.4. The van der Waals surface area contributed by atoms with E-state index in [2.05, 4.69) is 15.6 Å². The van der Waals surface area contributed by atoms with Crippen molar-refractivity contribution in [2.75, 3.05) is 5.32 Å². The summed E-state index contributed by atoms with van der Waals surface area (Å²) in [7, 11) is 0. The van der Waals surface area contributed by atoms with Crippen LogP contribution in [0.4, 0.5) is 10.1 Å². The van der Waals surface area contributed by atoms with Gasteiger partial charge in [0.2, 0.25) is 0 Å². The fourth-order valence-electron chi connectivity index (χ4n) is 3.14. The summed E-state index contributed by atoms with van der Waals surface area (Å²) in [6.45, 7) is 3.98. The maximum absolute atomic E-state index is 13.3. The Hall–Kier alpha value is -3.45. The number of anilines is 1. The first kappa shape index (κ1) is 19.8. The van der Waals surface area contributed by atoms with Crippen LogP contribution in [-0.2, 0) is 6.54 Å². The minimum atomic E-state index is -0.397. The molecule has 0 aliphatic carbocycles. The lowest BCUT2D eigenvalue weighted by atomic mass is 10.1. The van der Waals surface area contributed by atoms with E-state index in [4.69, 9.17) is 16.1 Å². The molecule has 0 fully saturated rings. The van der Waals surface area contributed by atoms with Crippen LogP contribution in [0, 0.1) is 19.7 Å². The maximum atomic E-state index is 13.3. The Balaban J connectivity index is 1.54. The largest absolute Gasteiger partial charge is 0.355 e. The summed E-state index contributed by atoms with van der Waals surface area (Å²) in [4.78, 5) is 12.7. The minimum Gasteiger partial charge on any atom is -0.355 e. The van der Waals surface area contributed by atoms with Gasteiger partial charge in [-0.1, -0.05) is 53.2 Å². The number of hydrogen-bond donors (Lipinski definition) is 1. The third kappa shape index (κ3) is 3.97. The number of halogens is 2. The molecule has 0 radical (unpaired) electrons. The smallest absolute Gasteiger partial charge is 0.277 e. The minimum absolute atomic E-state index is 0.169. The van der Waals surface area contributed by atoms with Gasteiger partial charge in [0, 0.05) is 16.7 Å². The van der Waals surface area contributed by atoms with E-state index >= 15 is 0 Å². The third-order valence-electron chi connectivity index (χ3n) is 4.76. The monoisotopic (exact) mass is 424 g/mol. The van der Waals surface area contributed by atoms with E-state index in [0.717, 1.165) is 16.8 Å². The number of aryl methyl sites for hydroxylation is 1. The van der Waals surface area contributed by atoms with Crippen molar-refractivity contribution in [3.8, 4) is 11.3 Å². The lowest BCUT2D eigenvalue weighted by Gasteiger charge is -2.08. The van der Waals surface area contributed by atoms with Crippen LogP contribution in [0.3, 0.4) is 0 Å². The topological polar surface area (TPSA) is 73.0 Å². The first-order valence-corrected chi connectivity index (χ1v) is 9.61. The zero-order chi connectivity index (χ0) is 21.3. The molecule has 4 rings (SSSR count). The molecule has 0 aliphatic rings. The number of aromatic nitrogens is 3. The number of benzene rings is 2. The van der Waals surface area contributed by atoms with Gasteiger partial charge in [0.25, 0.3) is 5.91 Å². The molecule has 0 bridgehead atoms. The predicted octanol–water partition coefficient (Wildman–Crippen LogP) is 5.25. The highest BCUT2D eigenvalue weighted by Gasteiger charge is 2.19. The second kappa shape index (κ2) is 8.12. The molecule has 0 spiro atoms. The maximum Gasteiger partial charge on any atom is 0.277 e. The highest BCUT2D eigenvalue weighted by atomic mass is 35.5. The van der Waals surface area contributed by atoms with Crippen LogP contribution in [0.2, 0.25) is 5.02 Å². The Kier molecular flexibility index (Phi) is 5.37. The van der Waals surface area contributed by atoms with Crippen molar-refractivity contribution >= 4 is 23.2 Å². The summed E-state index contributed by atoms with van der Waals surface area (Å²) < 4.78 is 20.3. The summed E-state index contributed by atoms with van der Waals surface area (Å²) in [5.41, 5.74) is 3.70. The van der Waals surface area contributed by atoms with Gasteiger partial charge in [-0.2, -0.15) is 5.10 Å². The van der Waals surface area contributed by atoms with Gasteiger partial charge in [-0.15, -0.1) is 0 Å². The molecule has 30 heavy (non-hydrogen) atoms. The molecule has 0 aliphatic heterocycles. The highest BCUT2D eigenvalue weighted by Crippen LogP contribution is 2.25. The van der Waals surface area contributed by atoms with E-state index in [1.807, 2.05) is 37.3 Å². The zero-order valence-electron chi connectivity index (χ0n) is 16.3. The van der Waals surface area contributed by atoms with Gasteiger partial charge in [-0.3, -0.25) is 9.48 Å². The molecule has 2 aromatic heterocycles. The Morgan fingerprint density at radius 2 is 1.93 bits per heavy atom. The van der Waals surface area contributed by atoms with Crippen molar-refractivity contribution in [1.82, 2.24) is 14.9 Å². The average Bonchev–Trinajstić information content (AvgIpc) is 3.32. The van der Waals surface area contributed by atoms with Gasteiger partial charge in [-0.25, -0.2) is 4.39 Å². The fourth-order valence-corrected chi connectivity index (χ4v) is 3.37. The van der Waals surface area contributed by atoms with Crippen molar-refractivity contribution in [3.05, 3.63) is 88.1 Å². The van der Waals surface area contributed by atoms with Gasteiger partial charge >= 0.3 is 0 Å². The van der Waals surface area contributed by atoms with Crippen LogP contribution in [0.5, 0.6) is 0 Å². The molecule has 1 amide bonds. The van der Waals surface area contributed by atoms with Gasteiger partial charge < -0.3 is 9.84 Å². The van der Waals surface area contributed by atoms with Gasteiger partial charge in [0.1, 0.15) is 5.82 Å². The molecular weight excluding hydrogens is 407 g/mol. The first-order valence-electron chi connectivity index (χ1n) is 9.24. The van der Waals surface area contributed by atoms with Crippen LogP contribution in [-0.4, -0.2) is 20.8 Å². The number of carbonyl (C=O) groups is 1. The van der Waals surface area contributed by atoms with E-state index < -0.39 is 11.7 Å². The van der Waals surface area contributed by atoms with Gasteiger partial charge in [0.15, 0.2) is 11.5 Å². The van der Waals surface area contributed by atoms with Crippen molar-refractivity contribution in [2.24, 2.45) is 0 Å². The van der Waals surface area contributed by atoms with Crippen molar-refractivity contribution in [3.63, 3.8) is 0 Å². The number of carbonyl (C=O) groups excluding carboxylic acids is 1. The lowest BCUT2D eigenvalue weighted by molar-refractivity contribution is 0.101. The normalized spacial score (nSPS) is 10.9. The average molecular weight is 425 g/mol. The van der Waals surface area contributed by atoms with Crippen molar-refractivity contribution in [1.29, 1.82) is 0 Å². The quantitative estimate of drug-likeness (QED) is 0.475. The molecule has 0 saturated heterocycles. The molecule has 0 saturated carbocycles. The van der Waals surface area contributed by atoms with E-state index in [1.165, 1.54) is 12.1 Å². The molecule has 0 atom stereocenters. The Morgan fingerprint density at radius 1 is 1.17 bits per heavy atom. The van der Waals surface area contributed by atoms with Crippen LogP contribution in [0.15, 0.2) is 59.1 Å². The molecule has 2 heterocycles. The number of amides is 1. The number of rotatable bonds is 5. The summed E-state index contributed by atoms with van der Waals surface area (Å²) >= 11 is 6.13. The molecular formula is C22H18ClFN4O2. The van der Waals surface area contributed by atoms with E-state index in [1.54, 1.807) is 23.7 Å². The molecule has 2 aromatic carbocycles. The SMILES string of the molecule is Cc1nn(Cc2ccc(F)cc2Cl)c(C)c1NC(=O)c1cc(-c2ccccc2)on1. The highest BCUT2D eigenvalue weighted by molar-refractivity contribution is 6.31. The zero-order valence-corrected chi connectivity index (χ0v) is 17.1. The van der Waals surface area contributed by atoms with Crippen LogP contribution < -0.4 is 5.32 Å². The summed E-state index contributed by atoms with van der Waals surface area (Å²) in [6.07, 6.45) is 0. The Morgan fingerprint density at radius 3 is 2.67 bits per heavy atom. The van der Waals surface area contributed by atoms with Crippen molar-refractivity contribution < 1.29 is 13.7 Å². The second-order valence-electron chi connectivity index (χ2n) is 6.84. The third-order valence-corrected chi connectivity index (χ3v) is 5.11. The molecule has 8 heteroatoms. The van der Waals surface area contributed by atoms with E-state index in [0.29, 0.717) is 28.7 Å². The van der Waals surface area contributed by atoms with Crippen LogP contribution >= 0.6 is 11.6 Å². The van der Waals surface area contributed by atoms with Crippen molar-refractivity contribution in [2.45, 2.75) is 20.4 Å². The molecule has 4 aromatic rings. The van der Waals surface area contributed by atoms with Gasteiger partial charge in [0.05, 0.1) is 23.6 Å². The standard InChI is InChI=1S/C22H18ClFN4O2/c1-13-21(14(2)28(26-13)12-16-8-9-17(24)10-18(16)23)25-22(29)19-11-20(30-27-19)15-6-4-3-5-7-15/h3-11H,12H2,1-2H3,(H,25,29). The second-order valence-corrected chi connectivity index (χ2v) is 7.24. The van der Waals surface area contributed by atoms with E-state index in [-0.39, 0.29) is 5.69 Å². The number of nitrogens with zero attached hydrogens (tertiary/aromatic N) is 3.